The molecule has 3 rings (SSSR count). The van der Waals surface area contributed by atoms with Crippen LogP contribution in [0.25, 0.3) is 0 Å². The van der Waals surface area contributed by atoms with Crippen LogP contribution in [-0.2, 0) is 9.47 Å². The zero-order valence-electron chi connectivity index (χ0n) is 13.0. The summed E-state index contributed by atoms with van der Waals surface area (Å²) in [5.41, 5.74) is 1.12. The summed E-state index contributed by atoms with van der Waals surface area (Å²) in [6.45, 7) is 7.44. The first-order valence-electron chi connectivity index (χ1n) is 8.23. The van der Waals surface area contributed by atoms with Gasteiger partial charge in [0.05, 0.1) is 25.9 Å². The second kappa shape index (κ2) is 7.90. The number of rotatable bonds is 4. The van der Waals surface area contributed by atoms with E-state index in [1.165, 1.54) is 0 Å². The molecule has 0 saturated carbocycles. The Hall–Kier alpha value is -1.17. The van der Waals surface area contributed by atoms with Crippen LogP contribution in [0.15, 0.2) is 24.3 Å². The van der Waals surface area contributed by atoms with Gasteiger partial charge in [-0.05, 0) is 43.7 Å². The lowest BCUT2D eigenvalue weighted by Crippen LogP contribution is -2.35. The fourth-order valence-corrected chi connectivity index (χ4v) is 3.13. The molecule has 1 aromatic rings. The third-order valence-electron chi connectivity index (χ3n) is 4.43. The third kappa shape index (κ3) is 4.41. The minimum atomic E-state index is -0.171. The summed E-state index contributed by atoms with van der Waals surface area (Å²) >= 11 is 0. The third-order valence-corrected chi connectivity index (χ3v) is 4.43. The molecule has 2 aliphatic heterocycles. The highest BCUT2D eigenvalue weighted by Gasteiger charge is 2.18. The number of nitrogens with zero attached hydrogens (tertiary/aromatic N) is 2. The predicted molar refractivity (Wildman–Crippen MR) is 84.8 cm³/mol. The summed E-state index contributed by atoms with van der Waals surface area (Å²) in [6.07, 6.45) is 2.43. The van der Waals surface area contributed by atoms with Gasteiger partial charge in [-0.3, -0.25) is 0 Å². The summed E-state index contributed by atoms with van der Waals surface area (Å²) in [5.74, 6) is -0.171. The van der Waals surface area contributed by atoms with Crippen LogP contribution in [-0.4, -0.2) is 63.5 Å². The van der Waals surface area contributed by atoms with Gasteiger partial charge >= 0.3 is 0 Å². The van der Waals surface area contributed by atoms with E-state index in [-0.39, 0.29) is 11.9 Å². The van der Waals surface area contributed by atoms with E-state index >= 15 is 0 Å². The highest BCUT2D eigenvalue weighted by Crippen LogP contribution is 2.17. The summed E-state index contributed by atoms with van der Waals surface area (Å²) in [7, 11) is 0. The number of ether oxygens (including phenoxy) is 2. The van der Waals surface area contributed by atoms with E-state index in [2.05, 4.69) is 9.80 Å². The molecule has 2 aliphatic rings. The molecule has 1 aromatic carbocycles. The minimum absolute atomic E-state index is 0.171. The molecule has 0 spiro atoms. The van der Waals surface area contributed by atoms with Crippen molar-refractivity contribution in [2.75, 3.05) is 57.4 Å². The Bertz CT molecular complexity index is 448. The number of hydrogen-bond donors (Lipinski definition) is 0. The van der Waals surface area contributed by atoms with E-state index in [1.807, 2.05) is 12.1 Å². The van der Waals surface area contributed by atoms with Gasteiger partial charge in [0.25, 0.3) is 0 Å². The van der Waals surface area contributed by atoms with Gasteiger partial charge < -0.3 is 19.3 Å². The Morgan fingerprint density at radius 1 is 1.05 bits per heavy atom. The van der Waals surface area contributed by atoms with Gasteiger partial charge in [-0.15, -0.1) is 0 Å². The summed E-state index contributed by atoms with van der Waals surface area (Å²) in [4.78, 5) is 4.85. The van der Waals surface area contributed by atoms with Gasteiger partial charge in [-0.25, -0.2) is 4.39 Å². The first-order valence-corrected chi connectivity index (χ1v) is 8.23. The van der Waals surface area contributed by atoms with Crippen molar-refractivity contribution in [3.05, 3.63) is 30.1 Å². The molecule has 0 bridgehead atoms. The molecular formula is C17H25FN2O2. The van der Waals surface area contributed by atoms with E-state index in [1.54, 1.807) is 12.1 Å². The second-order valence-electron chi connectivity index (χ2n) is 6.02. The van der Waals surface area contributed by atoms with Crippen LogP contribution in [0.2, 0.25) is 0 Å². The summed E-state index contributed by atoms with van der Waals surface area (Å²) < 4.78 is 24.2. The maximum Gasteiger partial charge on any atom is 0.123 e. The standard InChI is InChI=1S/C17H25FN2O2/c18-15-2-4-16(5-3-15)20-8-1-7-19(10-11-20)9-6-17-14-21-12-13-22-17/h2-5,17H,1,6-14H2. The largest absolute Gasteiger partial charge is 0.376 e. The Morgan fingerprint density at radius 2 is 1.91 bits per heavy atom. The lowest BCUT2D eigenvalue weighted by atomic mass is 10.2. The van der Waals surface area contributed by atoms with Crippen LogP contribution >= 0.6 is 0 Å². The number of anilines is 1. The first-order chi connectivity index (χ1) is 10.8. The minimum Gasteiger partial charge on any atom is -0.376 e. The van der Waals surface area contributed by atoms with Crippen LogP contribution in [0, 0.1) is 5.82 Å². The van der Waals surface area contributed by atoms with Crippen LogP contribution in [0.5, 0.6) is 0 Å². The topological polar surface area (TPSA) is 24.9 Å². The maximum absolute atomic E-state index is 13.0. The Balaban J connectivity index is 1.46. The average molecular weight is 308 g/mol. The molecule has 4 nitrogen and oxygen atoms in total. The van der Waals surface area contributed by atoms with Gasteiger partial charge in [-0.1, -0.05) is 0 Å². The fraction of sp³-hybridized carbons (Fsp3) is 0.647. The van der Waals surface area contributed by atoms with Crippen molar-refractivity contribution in [2.24, 2.45) is 0 Å². The second-order valence-corrected chi connectivity index (χ2v) is 6.02. The van der Waals surface area contributed by atoms with Gasteiger partial charge in [0, 0.05) is 31.9 Å². The van der Waals surface area contributed by atoms with Crippen molar-refractivity contribution < 1.29 is 13.9 Å². The van der Waals surface area contributed by atoms with Gasteiger partial charge in [0.15, 0.2) is 0 Å². The molecule has 1 unspecified atom stereocenters. The quantitative estimate of drug-likeness (QED) is 0.851. The molecule has 22 heavy (non-hydrogen) atoms. The SMILES string of the molecule is Fc1ccc(N2CCCN(CCC3COCCO3)CC2)cc1. The highest BCUT2D eigenvalue weighted by molar-refractivity contribution is 5.46. The average Bonchev–Trinajstić information content (AvgIpc) is 2.80. The molecule has 0 aromatic heterocycles. The summed E-state index contributed by atoms with van der Waals surface area (Å²) in [5, 5.41) is 0. The molecule has 0 N–H and O–H groups in total. The fourth-order valence-electron chi connectivity index (χ4n) is 3.13. The summed E-state index contributed by atoms with van der Waals surface area (Å²) in [6, 6.07) is 6.83. The lowest BCUT2D eigenvalue weighted by molar-refractivity contribution is -0.0925. The van der Waals surface area contributed by atoms with E-state index in [4.69, 9.17) is 9.47 Å². The Kier molecular flexibility index (Phi) is 5.64. The normalized spacial score (nSPS) is 24.2. The molecule has 0 amide bonds. The molecule has 2 fully saturated rings. The molecule has 122 valence electrons. The van der Waals surface area contributed by atoms with Crippen LogP contribution in [0.3, 0.4) is 0 Å². The van der Waals surface area contributed by atoms with E-state index in [0.29, 0.717) is 0 Å². The molecule has 1 atom stereocenters. The smallest absolute Gasteiger partial charge is 0.123 e. The monoisotopic (exact) mass is 308 g/mol. The molecule has 5 heteroatoms. The first kappa shape index (κ1) is 15.7. The van der Waals surface area contributed by atoms with Gasteiger partial charge in [0.1, 0.15) is 5.82 Å². The van der Waals surface area contributed by atoms with Crippen LogP contribution < -0.4 is 4.90 Å². The highest BCUT2D eigenvalue weighted by atomic mass is 19.1. The van der Waals surface area contributed by atoms with E-state index < -0.39 is 0 Å². The van der Waals surface area contributed by atoms with Gasteiger partial charge in [0.2, 0.25) is 0 Å². The molecular weight excluding hydrogens is 283 g/mol. The van der Waals surface area contributed by atoms with Gasteiger partial charge in [-0.2, -0.15) is 0 Å². The van der Waals surface area contributed by atoms with Crippen LogP contribution in [0.4, 0.5) is 10.1 Å². The van der Waals surface area contributed by atoms with E-state index in [0.717, 1.165) is 71.1 Å². The predicted octanol–water partition coefficient (Wildman–Crippen LogP) is 2.14. The van der Waals surface area contributed by atoms with Crippen molar-refractivity contribution in [3.63, 3.8) is 0 Å². The molecule has 2 saturated heterocycles. The van der Waals surface area contributed by atoms with Crippen molar-refractivity contribution in [2.45, 2.75) is 18.9 Å². The van der Waals surface area contributed by atoms with E-state index in [9.17, 15) is 4.39 Å². The van der Waals surface area contributed by atoms with Crippen molar-refractivity contribution >= 4 is 5.69 Å². The Labute approximate surface area is 131 Å². The lowest BCUT2D eigenvalue weighted by Gasteiger charge is -2.27. The molecule has 0 aliphatic carbocycles. The number of hydrogen-bond acceptors (Lipinski definition) is 4. The number of halogens is 1. The van der Waals surface area contributed by atoms with Crippen molar-refractivity contribution in [1.82, 2.24) is 4.90 Å². The van der Waals surface area contributed by atoms with Crippen molar-refractivity contribution in [1.29, 1.82) is 0 Å². The van der Waals surface area contributed by atoms with Crippen LogP contribution in [0.1, 0.15) is 12.8 Å². The van der Waals surface area contributed by atoms with Crippen molar-refractivity contribution in [3.8, 4) is 0 Å². The Morgan fingerprint density at radius 3 is 2.68 bits per heavy atom. The maximum atomic E-state index is 13.0. The zero-order valence-corrected chi connectivity index (χ0v) is 13.0. The number of benzene rings is 1. The molecule has 2 heterocycles. The zero-order chi connectivity index (χ0) is 15.2. The molecule has 0 radical (unpaired) electrons.